The Morgan fingerprint density at radius 2 is 1.93 bits per heavy atom. The van der Waals surface area contributed by atoms with E-state index in [2.05, 4.69) is 10.3 Å². The summed E-state index contributed by atoms with van der Waals surface area (Å²) in [7, 11) is 0. The molecule has 1 heterocycles. The van der Waals surface area contributed by atoms with E-state index in [9.17, 15) is 14.0 Å². The van der Waals surface area contributed by atoms with Crippen molar-refractivity contribution in [2.45, 2.75) is 19.8 Å². The Bertz CT molecular complexity index is 1050. The molecule has 7 heteroatoms. The van der Waals surface area contributed by atoms with Crippen molar-refractivity contribution < 1.29 is 18.7 Å². The number of esters is 1. The van der Waals surface area contributed by atoms with Crippen molar-refractivity contribution in [3.8, 4) is 0 Å². The van der Waals surface area contributed by atoms with Crippen LogP contribution in [0.4, 0.5) is 10.1 Å². The number of hydrogen-bond donors (Lipinski definition) is 1. The van der Waals surface area contributed by atoms with Crippen molar-refractivity contribution >= 4 is 40.1 Å². The maximum atomic E-state index is 13.7. The first-order valence-corrected chi connectivity index (χ1v) is 9.04. The summed E-state index contributed by atoms with van der Waals surface area (Å²) in [4.78, 5) is 29.2. The smallest absolute Gasteiger partial charge is 0.339 e. The molecule has 0 aliphatic rings. The highest BCUT2D eigenvalue weighted by molar-refractivity contribution is 6.30. The van der Waals surface area contributed by atoms with Crippen LogP contribution in [0.5, 0.6) is 0 Å². The van der Waals surface area contributed by atoms with Gasteiger partial charge in [0.1, 0.15) is 5.82 Å². The first-order valence-electron chi connectivity index (χ1n) is 8.67. The molecule has 0 atom stereocenters. The minimum Gasteiger partial charge on any atom is -0.452 e. The highest BCUT2D eigenvalue weighted by Crippen LogP contribution is 2.23. The van der Waals surface area contributed by atoms with Gasteiger partial charge in [-0.05, 0) is 36.2 Å². The van der Waals surface area contributed by atoms with Gasteiger partial charge in [-0.25, -0.2) is 9.18 Å². The lowest BCUT2D eigenvalue weighted by Gasteiger charge is -2.12. The number of ether oxygens (including phenoxy) is 1. The standard InChI is InChI=1S/C21H18ClFN2O3/c1-12(2)18-10-15(14-5-3-4-6-17(14)24-18)21(27)28-11-20(26)25-19-9-13(22)7-8-16(19)23/h3-10,12H,11H2,1-2H3,(H,25,26). The van der Waals surface area contributed by atoms with Gasteiger partial charge >= 0.3 is 5.97 Å². The Hall–Kier alpha value is -2.99. The zero-order valence-electron chi connectivity index (χ0n) is 15.3. The van der Waals surface area contributed by atoms with Gasteiger partial charge in [0, 0.05) is 16.1 Å². The van der Waals surface area contributed by atoms with E-state index >= 15 is 0 Å². The van der Waals surface area contributed by atoms with E-state index < -0.39 is 24.3 Å². The predicted octanol–water partition coefficient (Wildman–Crippen LogP) is 4.95. The highest BCUT2D eigenvalue weighted by atomic mass is 35.5. The number of nitrogens with one attached hydrogen (secondary N) is 1. The van der Waals surface area contributed by atoms with E-state index in [4.69, 9.17) is 16.3 Å². The number of pyridine rings is 1. The van der Waals surface area contributed by atoms with Gasteiger partial charge < -0.3 is 10.1 Å². The Balaban J connectivity index is 1.76. The first kappa shape index (κ1) is 19.8. The van der Waals surface area contributed by atoms with Gasteiger partial charge in [0.15, 0.2) is 6.61 Å². The van der Waals surface area contributed by atoms with E-state index in [0.717, 1.165) is 11.8 Å². The molecule has 0 unspecified atom stereocenters. The third kappa shape index (κ3) is 4.46. The lowest BCUT2D eigenvalue weighted by atomic mass is 10.0. The summed E-state index contributed by atoms with van der Waals surface area (Å²) in [5.74, 6) is -1.84. The van der Waals surface area contributed by atoms with Crippen molar-refractivity contribution in [1.82, 2.24) is 4.98 Å². The number of benzene rings is 2. The molecule has 1 N–H and O–H groups in total. The average Bonchev–Trinajstić information content (AvgIpc) is 2.68. The van der Waals surface area contributed by atoms with E-state index in [1.165, 1.54) is 12.1 Å². The van der Waals surface area contributed by atoms with E-state index in [1.807, 2.05) is 26.0 Å². The molecule has 0 radical (unpaired) electrons. The van der Waals surface area contributed by atoms with Gasteiger partial charge in [-0.3, -0.25) is 9.78 Å². The zero-order chi connectivity index (χ0) is 20.3. The Labute approximate surface area is 166 Å². The number of rotatable bonds is 5. The quantitative estimate of drug-likeness (QED) is 0.615. The second-order valence-electron chi connectivity index (χ2n) is 6.52. The maximum Gasteiger partial charge on any atom is 0.339 e. The fraction of sp³-hybridized carbons (Fsp3) is 0.190. The minimum absolute atomic E-state index is 0.0787. The first-order chi connectivity index (χ1) is 13.3. The summed E-state index contributed by atoms with van der Waals surface area (Å²) >= 11 is 5.79. The van der Waals surface area contributed by atoms with Crippen LogP contribution in [0.3, 0.4) is 0 Å². The normalized spacial score (nSPS) is 10.9. The van der Waals surface area contributed by atoms with Crippen LogP contribution in [0.1, 0.15) is 35.8 Å². The lowest BCUT2D eigenvalue weighted by molar-refractivity contribution is -0.119. The number of anilines is 1. The SMILES string of the molecule is CC(C)c1cc(C(=O)OCC(=O)Nc2cc(Cl)ccc2F)c2ccccc2n1. The Kier molecular flexibility index (Phi) is 5.90. The molecule has 0 aliphatic carbocycles. The molecule has 0 bridgehead atoms. The number of carbonyl (C=O) groups is 2. The number of amides is 1. The van der Waals surface area contributed by atoms with E-state index in [0.29, 0.717) is 16.5 Å². The van der Waals surface area contributed by atoms with Gasteiger partial charge in [0.2, 0.25) is 0 Å². The van der Waals surface area contributed by atoms with Crippen molar-refractivity contribution in [2.24, 2.45) is 0 Å². The molecule has 5 nitrogen and oxygen atoms in total. The molecule has 28 heavy (non-hydrogen) atoms. The van der Waals surface area contributed by atoms with Crippen molar-refractivity contribution in [3.63, 3.8) is 0 Å². The largest absolute Gasteiger partial charge is 0.452 e. The van der Waals surface area contributed by atoms with Gasteiger partial charge in [-0.2, -0.15) is 0 Å². The fourth-order valence-electron chi connectivity index (χ4n) is 2.65. The minimum atomic E-state index is -0.669. The predicted molar refractivity (Wildman–Crippen MR) is 106 cm³/mol. The molecule has 3 aromatic rings. The summed E-state index contributed by atoms with van der Waals surface area (Å²) in [6, 6.07) is 12.7. The Morgan fingerprint density at radius 1 is 1.18 bits per heavy atom. The molecule has 0 saturated carbocycles. The van der Waals surface area contributed by atoms with E-state index in [-0.39, 0.29) is 16.6 Å². The van der Waals surface area contributed by atoms with E-state index in [1.54, 1.807) is 18.2 Å². The molecule has 3 rings (SSSR count). The van der Waals surface area contributed by atoms with Crippen LogP contribution < -0.4 is 5.32 Å². The zero-order valence-corrected chi connectivity index (χ0v) is 16.1. The van der Waals surface area contributed by atoms with Gasteiger partial charge in [0.25, 0.3) is 5.91 Å². The molecule has 0 aliphatic heterocycles. The molecular formula is C21H18ClFN2O3. The summed E-state index contributed by atoms with van der Waals surface area (Å²) in [5.41, 5.74) is 1.67. The number of nitrogens with zero attached hydrogens (tertiary/aromatic N) is 1. The molecule has 0 saturated heterocycles. The number of halogens is 2. The Morgan fingerprint density at radius 3 is 2.68 bits per heavy atom. The second-order valence-corrected chi connectivity index (χ2v) is 6.95. The van der Waals surface area contributed by atoms with Crippen LogP contribution in [0.25, 0.3) is 10.9 Å². The summed E-state index contributed by atoms with van der Waals surface area (Å²) in [5, 5.41) is 3.25. The van der Waals surface area contributed by atoms with Crippen LogP contribution in [0.15, 0.2) is 48.5 Å². The van der Waals surface area contributed by atoms with Gasteiger partial charge in [-0.15, -0.1) is 0 Å². The molecule has 0 spiro atoms. The fourth-order valence-corrected chi connectivity index (χ4v) is 2.82. The molecular weight excluding hydrogens is 383 g/mol. The van der Waals surface area contributed by atoms with Crippen LogP contribution in [0.2, 0.25) is 5.02 Å². The number of aromatic nitrogens is 1. The third-order valence-corrected chi connectivity index (χ3v) is 4.32. The van der Waals surface area contributed by atoms with Crippen LogP contribution >= 0.6 is 11.6 Å². The monoisotopic (exact) mass is 400 g/mol. The highest BCUT2D eigenvalue weighted by Gasteiger charge is 2.17. The van der Waals surface area contributed by atoms with Gasteiger partial charge in [0.05, 0.1) is 16.8 Å². The molecule has 144 valence electrons. The van der Waals surface area contributed by atoms with Crippen LogP contribution in [-0.4, -0.2) is 23.5 Å². The number of para-hydroxylation sites is 1. The van der Waals surface area contributed by atoms with Crippen molar-refractivity contribution in [1.29, 1.82) is 0 Å². The maximum absolute atomic E-state index is 13.7. The molecule has 2 aromatic carbocycles. The average molecular weight is 401 g/mol. The lowest BCUT2D eigenvalue weighted by Crippen LogP contribution is -2.21. The van der Waals surface area contributed by atoms with Gasteiger partial charge in [-0.1, -0.05) is 43.6 Å². The number of hydrogen-bond acceptors (Lipinski definition) is 4. The van der Waals surface area contributed by atoms with Crippen molar-refractivity contribution in [3.05, 3.63) is 70.6 Å². The van der Waals surface area contributed by atoms with Crippen LogP contribution in [-0.2, 0) is 9.53 Å². The molecule has 1 aromatic heterocycles. The summed E-state index contributed by atoms with van der Waals surface area (Å²) in [6.07, 6.45) is 0. The number of carbonyl (C=O) groups excluding carboxylic acids is 2. The molecule has 1 amide bonds. The number of fused-ring (bicyclic) bond motifs is 1. The van der Waals surface area contributed by atoms with Crippen molar-refractivity contribution in [2.75, 3.05) is 11.9 Å². The molecule has 0 fully saturated rings. The van der Waals surface area contributed by atoms with Crippen LogP contribution in [0, 0.1) is 5.82 Å². The summed E-state index contributed by atoms with van der Waals surface area (Å²) in [6.45, 7) is 3.39. The summed E-state index contributed by atoms with van der Waals surface area (Å²) < 4.78 is 18.8. The third-order valence-electron chi connectivity index (χ3n) is 4.08. The second kappa shape index (κ2) is 8.35. The topological polar surface area (TPSA) is 68.3 Å².